The number of unbranched alkanes of at least 4 members (excludes halogenated alkanes) is 2. The van der Waals surface area contributed by atoms with Crippen LogP contribution in [-0.4, -0.2) is 17.4 Å². The molecular weight excluding hydrogens is 402 g/mol. The molecule has 186 valence electrons. The van der Waals surface area contributed by atoms with Crippen molar-refractivity contribution in [3.8, 4) is 0 Å². The first kappa shape index (κ1) is 27.8. The van der Waals surface area contributed by atoms with E-state index in [1.807, 2.05) is 0 Å². The van der Waals surface area contributed by atoms with Gasteiger partial charge >= 0.3 is 0 Å². The molecule has 1 aromatic rings. The summed E-state index contributed by atoms with van der Waals surface area (Å²) in [5.41, 5.74) is 7.86. The summed E-state index contributed by atoms with van der Waals surface area (Å²) in [6.45, 7) is 16.7. The summed E-state index contributed by atoms with van der Waals surface area (Å²) in [5.74, 6) is 0.744. The lowest BCUT2D eigenvalue weighted by Crippen LogP contribution is -2.34. The zero-order valence-corrected chi connectivity index (χ0v) is 22.8. The molecule has 0 aromatic heterocycles. The van der Waals surface area contributed by atoms with Crippen molar-refractivity contribution < 1.29 is 5.11 Å². The molecule has 0 spiro atoms. The zero-order chi connectivity index (χ0) is 24.5. The van der Waals surface area contributed by atoms with E-state index in [1.54, 1.807) is 16.7 Å². The number of rotatable bonds is 9. The highest BCUT2D eigenvalue weighted by Crippen LogP contribution is 2.46. The van der Waals surface area contributed by atoms with E-state index >= 15 is 0 Å². The minimum absolute atomic E-state index is 0.268. The van der Waals surface area contributed by atoms with Gasteiger partial charge in [0.05, 0.1) is 0 Å². The lowest BCUT2D eigenvalue weighted by Gasteiger charge is -2.42. The van der Waals surface area contributed by atoms with Gasteiger partial charge in [-0.2, -0.15) is 0 Å². The molecule has 0 fully saturated rings. The summed E-state index contributed by atoms with van der Waals surface area (Å²) < 4.78 is 0. The van der Waals surface area contributed by atoms with E-state index in [-0.39, 0.29) is 5.41 Å². The molecule has 0 saturated heterocycles. The number of fused-ring (bicyclic) bond motifs is 1. The van der Waals surface area contributed by atoms with Crippen LogP contribution < -0.4 is 0 Å². The summed E-state index contributed by atoms with van der Waals surface area (Å²) in [7, 11) is 0. The Hall–Kier alpha value is -1.41. The number of aliphatic hydroxyl groups is 1. The number of aliphatic hydroxyl groups excluding tert-OH is 1. The fraction of sp³-hybridized carbons (Fsp3) is 0.710. The maximum absolute atomic E-state index is 8.20. The normalized spacial score (nSPS) is 18.7. The number of hydrogen-bond donors (Lipinski definition) is 1. The average molecular weight is 454 g/mol. The fourth-order valence-electron chi connectivity index (χ4n) is 5.42. The van der Waals surface area contributed by atoms with E-state index in [0.717, 1.165) is 25.2 Å². The van der Waals surface area contributed by atoms with Crippen molar-refractivity contribution in [1.82, 2.24) is 0 Å². The van der Waals surface area contributed by atoms with Crippen LogP contribution in [0.15, 0.2) is 35.0 Å². The molecule has 1 aliphatic heterocycles. The van der Waals surface area contributed by atoms with Crippen LogP contribution >= 0.6 is 0 Å². The summed E-state index contributed by atoms with van der Waals surface area (Å²) in [4.78, 5) is 4.95. The smallest absolute Gasteiger partial charge is 0.0479 e. The Bertz CT molecular complexity index is 789. The van der Waals surface area contributed by atoms with Crippen LogP contribution in [0.3, 0.4) is 0 Å². The molecule has 2 nitrogen and oxygen atoms in total. The van der Waals surface area contributed by atoms with E-state index in [2.05, 4.69) is 72.9 Å². The van der Waals surface area contributed by atoms with Crippen molar-refractivity contribution >= 4 is 5.71 Å². The Morgan fingerprint density at radius 2 is 1.48 bits per heavy atom. The molecule has 1 aromatic carbocycles. The number of allylic oxidation sites excluding steroid dienone is 1. The van der Waals surface area contributed by atoms with Gasteiger partial charge in [0.25, 0.3) is 0 Å². The van der Waals surface area contributed by atoms with Crippen LogP contribution in [0.25, 0.3) is 0 Å². The highest BCUT2D eigenvalue weighted by Gasteiger charge is 2.37. The molecule has 0 unspecified atom stereocenters. The van der Waals surface area contributed by atoms with Crippen LogP contribution in [0.4, 0.5) is 0 Å². The quantitative estimate of drug-likeness (QED) is 0.372. The van der Waals surface area contributed by atoms with Gasteiger partial charge in [-0.15, -0.1) is 0 Å². The molecule has 33 heavy (non-hydrogen) atoms. The van der Waals surface area contributed by atoms with Crippen molar-refractivity contribution in [2.75, 3.05) is 6.61 Å². The van der Waals surface area contributed by atoms with E-state index in [1.165, 1.54) is 62.6 Å². The summed E-state index contributed by atoms with van der Waals surface area (Å²) >= 11 is 0. The SMILES string of the molecule is CCCC(CCC)C1=CN=C(c2ccc3c(c2)C(C)(C)CCC3(C)C)CC1.CCCCCO. The van der Waals surface area contributed by atoms with Gasteiger partial charge in [0.15, 0.2) is 0 Å². The van der Waals surface area contributed by atoms with Crippen LogP contribution in [0, 0.1) is 5.92 Å². The van der Waals surface area contributed by atoms with Gasteiger partial charge in [-0.05, 0) is 90.0 Å². The molecule has 0 atom stereocenters. The largest absolute Gasteiger partial charge is 0.396 e. The Balaban J connectivity index is 0.000000569. The second-order valence-electron chi connectivity index (χ2n) is 11.5. The topological polar surface area (TPSA) is 32.6 Å². The molecule has 2 heteroatoms. The average Bonchev–Trinajstić information content (AvgIpc) is 2.81. The van der Waals surface area contributed by atoms with Crippen molar-refractivity contribution in [1.29, 1.82) is 0 Å². The van der Waals surface area contributed by atoms with Crippen LogP contribution in [0.2, 0.25) is 0 Å². The Kier molecular flexibility index (Phi) is 10.9. The first-order valence-electron chi connectivity index (χ1n) is 13.7. The standard InChI is InChI=1S/C26H39N.C5H12O/c1-7-9-19(10-8-2)21-12-14-24(27-18-21)20-11-13-22-23(17-20)26(5,6)16-15-25(22,3)4;1-2-3-4-5-6/h11,13,17-19H,7-10,12,14-16H2,1-6H3;6H,2-5H2,1H3. The number of hydrogen-bond acceptors (Lipinski definition) is 2. The highest BCUT2D eigenvalue weighted by atomic mass is 16.2. The molecular formula is C31H51NO. The van der Waals surface area contributed by atoms with Gasteiger partial charge < -0.3 is 5.11 Å². The third-order valence-electron chi connectivity index (χ3n) is 7.78. The Morgan fingerprint density at radius 1 is 0.848 bits per heavy atom. The first-order valence-corrected chi connectivity index (χ1v) is 13.7. The Morgan fingerprint density at radius 3 is 1.97 bits per heavy atom. The second kappa shape index (κ2) is 12.9. The molecule has 3 rings (SSSR count). The maximum atomic E-state index is 8.20. The molecule has 0 saturated carbocycles. The van der Waals surface area contributed by atoms with Crippen molar-refractivity contribution in [3.05, 3.63) is 46.7 Å². The number of benzene rings is 1. The minimum Gasteiger partial charge on any atom is -0.396 e. The molecule has 0 amide bonds. The molecule has 1 heterocycles. The van der Waals surface area contributed by atoms with E-state index in [0.29, 0.717) is 12.0 Å². The first-order chi connectivity index (χ1) is 15.7. The van der Waals surface area contributed by atoms with Gasteiger partial charge in [-0.3, -0.25) is 4.99 Å². The van der Waals surface area contributed by atoms with Crippen LogP contribution in [0.5, 0.6) is 0 Å². The second-order valence-corrected chi connectivity index (χ2v) is 11.5. The maximum Gasteiger partial charge on any atom is 0.0479 e. The van der Waals surface area contributed by atoms with Crippen molar-refractivity contribution in [3.63, 3.8) is 0 Å². The predicted octanol–water partition coefficient (Wildman–Crippen LogP) is 8.89. The molecule has 1 N–H and O–H groups in total. The van der Waals surface area contributed by atoms with Crippen molar-refractivity contribution in [2.24, 2.45) is 10.9 Å². The highest BCUT2D eigenvalue weighted by molar-refractivity contribution is 6.01. The van der Waals surface area contributed by atoms with E-state index < -0.39 is 0 Å². The third kappa shape index (κ3) is 7.54. The van der Waals surface area contributed by atoms with Crippen LogP contribution in [0.1, 0.15) is 136 Å². The third-order valence-corrected chi connectivity index (χ3v) is 7.78. The van der Waals surface area contributed by atoms with Crippen molar-refractivity contribution in [2.45, 2.75) is 130 Å². The van der Waals surface area contributed by atoms with Gasteiger partial charge in [0.1, 0.15) is 0 Å². The summed E-state index contributed by atoms with van der Waals surface area (Å²) in [6, 6.07) is 7.18. The molecule has 0 bridgehead atoms. The lowest BCUT2D eigenvalue weighted by atomic mass is 9.63. The molecule has 0 radical (unpaired) electrons. The van der Waals surface area contributed by atoms with Gasteiger partial charge in [0.2, 0.25) is 0 Å². The monoisotopic (exact) mass is 453 g/mol. The predicted molar refractivity (Wildman–Crippen MR) is 145 cm³/mol. The molecule has 1 aliphatic carbocycles. The van der Waals surface area contributed by atoms with Gasteiger partial charge in [-0.1, -0.05) is 86.3 Å². The summed E-state index contributed by atoms with van der Waals surface area (Å²) in [6.07, 6.45) is 15.5. The fourth-order valence-corrected chi connectivity index (χ4v) is 5.42. The zero-order valence-electron chi connectivity index (χ0n) is 22.8. The number of nitrogens with zero attached hydrogens (tertiary/aromatic N) is 1. The van der Waals surface area contributed by atoms with Gasteiger partial charge in [0, 0.05) is 18.5 Å². The van der Waals surface area contributed by atoms with E-state index in [9.17, 15) is 0 Å². The molecule has 2 aliphatic rings. The minimum atomic E-state index is 0.268. The summed E-state index contributed by atoms with van der Waals surface area (Å²) in [5, 5.41) is 8.20. The Labute approximate surface area is 205 Å². The van der Waals surface area contributed by atoms with Gasteiger partial charge in [-0.25, -0.2) is 0 Å². The van der Waals surface area contributed by atoms with E-state index in [4.69, 9.17) is 10.1 Å². The number of aliphatic imine (C=N–C) groups is 1. The van der Waals surface area contributed by atoms with Crippen LogP contribution in [-0.2, 0) is 10.8 Å². The lowest BCUT2D eigenvalue weighted by molar-refractivity contribution is 0.284.